The number of amides is 1. The van der Waals surface area contributed by atoms with Crippen LogP contribution < -0.4 is 5.14 Å². The van der Waals surface area contributed by atoms with Crippen LogP contribution in [-0.4, -0.2) is 29.1 Å². The number of nitriles is 1. The predicted octanol–water partition coefficient (Wildman–Crippen LogP) is 3.78. The maximum Gasteiger partial charge on any atom is 0.259 e. The average molecular weight is 427 g/mol. The molecule has 160 valence electrons. The first-order valence-corrected chi connectivity index (χ1v) is 11.5. The minimum Gasteiger partial charge on any atom is -0.305 e. The molecule has 0 aliphatic heterocycles. The summed E-state index contributed by atoms with van der Waals surface area (Å²) in [7, 11) is 0.600. The van der Waals surface area contributed by atoms with Gasteiger partial charge in [-0.1, -0.05) is 32.9 Å². The third-order valence-corrected chi connectivity index (χ3v) is 6.26. The highest BCUT2D eigenvalue weighted by Gasteiger charge is 2.18. The van der Waals surface area contributed by atoms with Gasteiger partial charge in [0.1, 0.15) is 9.92 Å². The standard InChI is InChI=1S/C23H30N4O2S/c1-6-19-11-18(14-24)12-21(16(2)3)22(19)13-23(28)26-30(25,29)20-9-7-17(8-10-20)15-27(4)5/h7-12,16H,6,13,15H2,1-5H3,(H2,25,26,28,29). The normalized spacial score (nSPS) is 13.2. The molecule has 0 aliphatic rings. The summed E-state index contributed by atoms with van der Waals surface area (Å²) >= 11 is 0. The number of nitrogens with zero attached hydrogens (tertiary/aromatic N) is 3. The van der Waals surface area contributed by atoms with Crippen LogP contribution in [0.2, 0.25) is 0 Å². The van der Waals surface area contributed by atoms with E-state index in [1.165, 1.54) is 0 Å². The van der Waals surface area contributed by atoms with Crippen molar-refractivity contribution in [1.29, 1.82) is 5.26 Å². The maximum absolute atomic E-state index is 12.9. The van der Waals surface area contributed by atoms with Crippen molar-refractivity contribution in [3.63, 3.8) is 0 Å². The number of aryl methyl sites for hydroxylation is 1. The van der Waals surface area contributed by atoms with E-state index in [0.717, 1.165) is 28.8 Å². The zero-order chi connectivity index (χ0) is 22.5. The lowest BCUT2D eigenvalue weighted by atomic mass is 9.88. The third kappa shape index (κ3) is 5.99. The highest BCUT2D eigenvalue weighted by molar-refractivity contribution is 7.91. The first kappa shape index (κ1) is 23.7. The lowest BCUT2D eigenvalue weighted by Gasteiger charge is -2.16. The summed E-state index contributed by atoms with van der Waals surface area (Å²) in [5.74, 6) is -0.390. The topological polar surface area (TPSA) is 99.5 Å². The molecule has 1 unspecified atom stereocenters. The molecule has 0 aliphatic carbocycles. The minimum atomic E-state index is -3.33. The summed E-state index contributed by atoms with van der Waals surface area (Å²) in [6, 6.07) is 12.8. The number of rotatable bonds is 7. The van der Waals surface area contributed by atoms with E-state index in [9.17, 15) is 14.3 Å². The van der Waals surface area contributed by atoms with Crippen molar-refractivity contribution >= 4 is 15.8 Å². The van der Waals surface area contributed by atoms with Crippen LogP contribution in [0, 0.1) is 11.3 Å². The van der Waals surface area contributed by atoms with E-state index in [4.69, 9.17) is 5.14 Å². The average Bonchev–Trinajstić information content (AvgIpc) is 2.67. The molecule has 0 radical (unpaired) electrons. The van der Waals surface area contributed by atoms with Gasteiger partial charge in [0, 0.05) is 6.54 Å². The van der Waals surface area contributed by atoms with E-state index in [1.54, 1.807) is 18.2 Å². The van der Waals surface area contributed by atoms with Crippen LogP contribution >= 0.6 is 0 Å². The second-order valence-electron chi connectivity index (χ2n) is 7.94. The lowest BCUT2D eigenvalue weighted by Crippen LogP contribution is -2.17. The Morgan fingerprint density at radius 1 is 1.23 bits per heavy atom. The molecular weight excluding hydrogens is 396 g/mol. The molecule has 2 N–H and O–H groups in total. The fourth-order valence-corrected chi connectivity index (χ4v) is 4.41. The van der Waals surface area contributed by atoms with E-state index in [-0.39, 0.29) is 12.3 Å². The number of carbonyl (C=O) groups is 1. The highest BCUT2D eigenvalue weighted by atomic mass is 32.2. The Kier molecular flexibility index (Phi) is 7.90. The molecule has 0 bridgehead atoms. The first-order valence-electron chi connectivity index (χ1n) is 9.94. The van der Waals surface area contributed by atoms with Crippen LogP contribution in [0.5, 0.6) is 0 Å². The Bertz CT molecular complexity index is 1070. The monoisotopic (exact) mass is 426 g/mol. The van der Waals surface area contributed by atoms with Crippen LogP contribution in [-0.2, 0) is 34.1 Å². The van der Waals surface area contributed by atoms with Gasteiger partial charge in [-0.15, -0.1) is 4.36 Å². The van der Waals surface area contributed by atoms with Crippen LogP contribution in [0.15, 0.2) is 45.7 Å². The van der Waals surface area contributed by atoms with Crippen LogP contribution in [0.4, 0.5) is 0 Å². The second-order valence-corrected chi connectivity index (χ2v) is 9.73. The van der Waals surface area contributed by atoms with Crippen molar-refractivity contribution in [1.82, 2.24) is 4.90 Å². The molecule has 2 aromatic rings. The number of benzene rings is 2. The van der Waals surface area contributed by atoms with Crippen LogP contribution in [0.1, 0.15) is 54.5 Å². The smallest absolute Gasteiger partial charge is 0.259 e. The lowest BCUT2D eigenvalue weighted by molar-refractivity contribution is -0.117. The van der Waals surface area contributed by atoms with E-state index < -0.39 is 15.8 Å². The second kappa shape index (κ2) is 9.98. The number of hydrogen-bond donors (Lipinski definition) is 1. The van der Waals surface area contributed by atoms with Gasteiger partial charge in [-0.05, 0) is 73.0 Å². The number of nitrogens with two attached hydrogens (primary N) is 1. The maximum atomic E-state index is 12.9. The Labute approximate surface area is 180 Å². The molecule has 0 saturated carbocycles. The number of carbonyl (C=O) groups excluding carboxylic acids is 1. The summed E-state index contributed by atoms with van der Waals surface area (Å²) in [6.45, 7) is 6.76. The van der Waals surface area contributed by atoms with Gasteiger partial charge < -0.3 is 4.90 Å². The van der Waals surface area contributed by atoms with Crippen molar-refractivity contribution in [3.05, 3.63) is 64.2 Å². The van der Waals surface area contributed by atoms with Gasteiger partial charge in [0.2, 0.25) is 0 Å². The van der Waals surface area contributed by atoms with Gasteiger partial charge in [0.05, 0.1) is 22.9 Å². The quantitative estimate of drug-likeness (QED) is 0.728. The minimum absolute atomic E-state index is 0.00922. The molecule has 0 fully saturated rings. The van der Waals surface area contributed by atoms with Crippen molar-refractivity contribution < 1.29 is 9.00 Å². The molecule has 2 aromatic carbocycles. The third-order valence-electron chi connectivity index (χ3n) is 4.83. The summed E-state index contributed by atoms with van der Waals surface area (Å²) in [6.07, 6.45) is 0.693. The van der Waals surface area contributed by atoms with Crippen LogP contribution in [0.3, 0.4) is 0 Å². The Hall–Kier alpha value is -2.53. The van der Waals surface area contributed by atoms with Gasteiger partial charge in [-0.25, -0.2) is 9.35 Å². The molecule has 1 atom stereocenters. The largest absolute Gasteiger partial charge is 0.305 e. The molecule has 0 aromatic heterocycles. The molecule has 7 heteroatoms. The summed E-state index contributed by atoms with van der Waals surface area (Å²) in [4.78, 5) is 15.1. The first-order chi connectivity index (χ1) is 14.1. The van der Waals surface area contributed by atoms with Crippen molar-refractivity contribution in [2.45, 2.75) is 51.0 Å². The summed E-state index contributed by atoms with van der Waals surface area (Å²) in [5.41, 5.74) is 4.33. The fourth-order valence-electron chi connectivity index (χ4n) is 3.41. The Morgan fingerprint density at radius 2 is 1.87 bits per heavy atom. The predicted molar refractivity (Wildman–Crippen MR) is 120 cm³/mol. The van der Waals surface area contributed by atoms with Gasteiger partial charge in [-0.3, -0.25) is 4.79 Å². The molecule has 0 saturated heterocycles. The van der Waals surface area contributed by atoms with Crippen molar-refractivity contribution in [2.75, 3.05) is 14.1 Å². The van der Waals surface area contributed by atoms with Crippen molar-refractivity contribution in [3.8, 4) is 6.07 Å². The van der Waals surface area contributed by atoms with Gasteiger partial charge in [-0.2, -0.15) is 5.26 Å². The molecule has 6 nitrogen and oxygen atoms in total. The molecule has 0 heterocycles. The SMILES string of the molecule is CCc1cc(C#N)cc(C(C)C)c1CC(=O)N=S(N)(=O)c1ccc(CN(C)C)cc1. The zero-order valence-corrected chi connectivity index (χ0v) is 19.1. The molecule has 2 rings (SSSR count). The highest BCUT2D eigenvalue weighted by Crippen LogP contribution is 2.26. The van der Waals surface area contributed by atoms with Gasteiger partial charge >= 0.3 is 0 Å². The Balaban J connectivity index is 2.37. The number of hydrogen-bond acceptors (Lipinski definition) is 4. The van der Waals surface area contributed by atoms with E-state index >= 15 is 0 Å². The molecule has 0 spiro atoms. The van der Waals surface area contributed by atoms with Crippen LogP contribution in [0.25, 0.3) is 0 Å². The van der Waals surface area contributed by atoms with Crippen molar-refractivity contribution in [2.24, 2.45) is 9.50 Å². The summed E-state index contributed by atoms with van der Waals surface area (Å²) < 4.78 is 16.8. The van der Waals surface area contributed by atoms with E-state index in [0.29, 0.717) is 16.9 Å². The molecular formula is C23H30N4O2S. The van der Waals surface area contributed by atoms with E-state index in [2.05, 4.69) is 10.4 Å². The zero-order valence-electron chi connectivity index (χ0n) is 18.3. The van der Waals surface area contributed by atoms with Gasteiger partial charge in [0.15, 0.2) is 0 Å². The Morgan fingerprint density at radius 3 is 2.37 bits per heavy atom. The van der Waals surface area contributed by atoms with Gasteiger partial charge in [0.25, 0.3) is 5.91 Å². The molecule has 30 heavy (non-hydrogen) atoms. The van der Waals surface area contributed by atoms with E-state index in [1.807, 2.05) is 58.0 Å². The summed E-state index contributed by atoms with van der Waals surface area (Å²) in [5, 5.41) is 15.2. The fraction of sp³-hybridized carbons (Fsp3) is 0.391. The molecule has 1 amide bonds.